The second-order valence-electron chi connectivity index (χ2n) is 3.94. The fourth-order valence-electron chi connectivity index (χ4n) is 1.74. The topological polar surface area (TPSA) is 9.23 Å². The molecule has 0 unspecified atom stereocenters. The monoisotopic (exact) mass is 308 g/mol. The summed E-state index contributed by atoms with van der Waals surface area (Å²) < 4.78 is 7.04. The number of hydrogen-bond acceptors (Lipinski definition) is 1. The highest BCUT2D eigenvalue weighted by molar-refractivity contribution is 14.1. The van der Waals surface area contributed by atoms with Gasteiger partial charge in [-0.1, -0.05) is 32.3 Å². The lowest BCUT2D eigenvalue weighted by Crippen LogP contribution is -2.03. The third-order valence-corrected chi connectivity index (χ3v) is 3.77. The van der Waals surface area contributed by atoms with Crippen molar-refractivity contribution >= 4 is 22.6 Å². The van der Waals surface area contributed by atoms with E-state index in [0.29, 0.717) is 6.10 Å². The van der Waals surface area contributed by atoms with Crippen molar-refractivity contribution in [3.63, 3.8) is 0 Å². The smallest absolute Gasteiger partial charge is 0.0879 e. The summed E-state index contributed by atoms with van der Waals surface area (Å²) in [4.78, 5) is 0. The second-order valence-corrected chi connectivity index (χ2v) is 5.19. The third kappa shape index (κ3) is 4.78. The first kappa shape index (κ1) is 12.5. The molecule has 1 atom stereocenters. The summed E-state index contributed by atoms with van der Waals surface area (Å²) in [6.45, 7) is 3.22. The van der Waals surface area contributed by atoms with Gasteiger partial charge >= 0.3 is 0 Å². The minimum Gasteiger partial charge on any atom is -0.373 e. The van der Waals surface area contributed by atoms with Gasteiger partial charge in [0.2, 0.25) is 0 Å². The van der Waals surface area contributed by atoms with Crippen LogP contribution >= 0.6 is 22.6 Å². The molecule has 1 rings (SSSR count). The zero-order chi connectivity index (χ0) is 10.2. The maximum atomic E-state index is 5.62. The molecule has 1 nitrogen and oxygen atoms in total. The van der Waals surface area contributed by atoms with E-state index in [1.54, 1.807) is 0 Å². The van der Waals surface area contributed by atoms with Crippen molar-refractivity contribution in [1.29, 1.82) is 0 Å². The molecule has 0 aromatic rings. The van der Waals surface area contributed by atoms with E-state index >= 15 is 0 Å². The molecule has 1 heterocycles. The van der Waals surface area contributed by atoms with Crippen molar-refractivity contribution in [3.8, 4) is 0 Å². The van der Waals surface area contributed by atoms with Crippen molar-refractivity contribution in [2.24, 2.45) is 0 Å². The first-order chi connectivity index (χ1) is 6.84. The molecule has 1 fully saturated rings. The Kier molecular flexibility index (Phi) is 6.86. The summed E-state index contributed by atoms with van der Waals surface area (Å²) in [7, 11) is 0. The standard InChI is InChI=1S/C12H21IO/c1-2-3-4-5-6-8-11(13)12-9-7-10-14-12/h8,12H,2-7,9-10H2,1H3/b11-8+/t12-/m1/s1. The van der Waals surface area contributed by atoms with Gasteiger partial charge in [-0.15, -0.1) is 0 Å². The lowest BCUT2D eigenvalue weighted by Gasteiger charge is -2.07. The van der Waals surface area contributed by atoms with Crippen molar-refractivity contribution < 1.29 is 4.74 Å². The van der Waals surface area contributed by atoms with E-state index in [0.717, 1.165) is 6.61 Å². The summed E-state index contributed by atoms with van der Waals surface area (Å²) in [6, 6.07) is 0. The van der Waals surface area contributed by atoms with E-state index in [1.807, 2.05) is 0 Å². The number of unbranched alkanes of at least 4 members (excludes halogenated alkanes) is 4. The quantitative estimate of drug-likeness (QED) is 0.520. The van der Waals surface area contributed by atoms with Gasteiger partial charge in [-0.2, -0.15) is 0 Å². The minimum absolute atomic E-state index is 0.432. The highest BCUT2D eigenvalue weighted by Crippen LogP contribution is 2.25. The Hall–Kier alpha value is 0.430. The lowest BCUT2D eigenvalue weighted by molar-refractivity contribution is 0.144. The van der Waals surface area contributed by atoms with Gasteiger partial charge in [-0.05, 0) is 48.3 Å². The largest absolute Gasteiger partial charge is 0.373 e. The van der Waals surface area contributed by atoms with Crippen LogP contribution in [0, 0.1) is 0 Å². The van der Waals surface area contributed by atoms with E-state index in [-0.39, 0.29) is 0 Å². The van der Waals surface area contributed by atoms with Gasteiger partial charge in [0, 0.05) is 10.2 Å². The molecule has 0 aromatic carbocycles. The van der Waals surface area contributed by atoms with E-state index < -0.39 is 0 Å². The zero-order valence-electron chi connectivity index (χ0n) is 9.10. The third-order valence-electron chi connectivity index (χ3n) is 2.63. The molecule has 0 radical (unpaired) electrons. The summed E-state index contributed by atoms with van der Waals surface area (Å²) >= 11 is 2.44. The molecular weight excluding hydrogens is 287 g/mol. The molecule has 14 heavy (non-hydrogen) atoms. The summed E-state index contributed by atoms with van der Waals surface area (Å²) in [6.07, 6.45) is 11.9. The molecule has 2 heteroatoms. The van der Waals surface area contributed by atoms with Crippen molar-refractivity contribution in [2.75, 3.05) is 6.61 Å². The molecule has 1 aliphatic heterocycles. The van der Waals surface area contributed by atoms with Gasteiger partial charge in [-0.3, -0.25) is 0 Å². The molecule has 0 amide bonds. The van der Waals surface area contributed by atoms with Crippen LogP contribution in [0.5, 0.6) is 0 Å². The Morgan fingerprint density at radius 1 is 1.43 bits per heavy atom. The second kappa shape index (κ2) is 7.69. The number of ether oxygens (including phenoxy) is 1. The molecule has 0 N–H and O–H groups in total. The molecule has 0 spiro atoms. The average Bonchev–Trinajstić information content (AvgIpc) is 2.70. The van der Waals surface area contributed by atoms with Gasteiger partial charge in [0.25, 0.3) is 0 Å². The van der Waals surface area contributed by atoms with Crippen LogP contribution in [0.2, 0.25) is 0 Å². The highest BCUT2D eigenvalue weighted by atomic mass is 127. The molecule has 1 aliphatic rings. The fraction of sp³-hybridized carbons (Fsp3) is 0.833. The molecule has 1 saturated heterocycles. The molecule has 0 aliphatic carbocycles. The van der Waals surface area contributed by atoms with Gasteiger partial charge < -0.3 is 4.74 Å². The van der Waals surface area contributed by atoms with E-state index in [9.17, 15) is 0 Å². The summed E-state index contributed by atoms with van der Waals surface area (Å²) in [5.74, 6) is 0. The van der Waals surface area contributed by atoms with Crippen LogP contribution in [0.15, 0.2) is 9.66 Å². The van der Waals surface area contributed by atoms with Gasteiger partial charge in [0.05, 0.1) is 6.10 Å². The Balaban J connectivity index is 2.09. The normalized spacial score (nSPS) is 23.0. The van der Waals surface area contributed by atoms with Gasteiger partial charge in [-0.25, -0.2) is 0 Å². The van der Waals surface area contributed by atoms with Crippen molar-refractivity contribution in [3.05, 3.63) is 9.66 Å². The van der Waals surface area contributed by atoms with Crippen LogP contribution in [0.3, 0.4) is 0 Å². The number of rotatable bonds is 6. The Labute approximate surface area is 101 Å². The minimum atomic E-state index is 0.432. The SMILES string of the molecule is CCCCCC/C=C(/I)[C@H]1CCCO1. The first-order valence-electron chi connectivity index (χ1n) is 5.81. The molecule has 82 valence electrons. The molecule has 0 bridgehead atoms. The van der Waals surface area contributed by atoms with Crippen LogP contribution in [-0.4, -0.2) is 12.7 Å². The fourth-order valence-corrected chi connectivity index (χ4v) is 2.54. The van der Waals surface area contributed by atoms with Gasteiger partial charge in [0.15, 0.2) is 0 Å². The zero-order valence-corrected chi connectivity index (χ0v) is 11.3. The van der Waals surface area contributed by atoms with E-state index in [4.69, 9.17) is 4.74 Å². The Morgan fingerprint density at radius 3 is 2.93 bits per heavy atom. The maximum Gasteiger partial charge on any atom is 0.0879 e. The highest BCUT2D eigenvalue weighted by Gasteiger charge is 2.17. The van der Waals surface area contributed by atoms with Crippen molar-refractivity contribution in [2.45, 2.75) is 58.0 Å². The predicted octanol–water partition coefficient (Wildman–Crippen LogP) is 4.45. The Bertz CT molecular complexity index is 171. The van der Waals surface area contributed by atoms with Crippen LogP contribution in [-0.2, 0) is 4.74 Å². The van der Waals surface area contributed by atoms with Crippen LogP contribution in [0.4, 0.5) is 0 Å². The van der Waals surface area contributed by atoms with Crippen LogP contribution in [0.25, 0.3) is 0 Å². The lowest BCUT2D eigenvalue weighted by atomic mass is 10.1. The first-order valence-corrected chi connectivity index (χ1v) is 6.89. The number of halogens is 1. The Morgan fingerprint density at radius 2 is 2.29 bits per heavy atom. The summed E-state index contributed by atoms with van der Waals surface area (Å²) in [5, 5.41) is 0. The predicted molar refractivity (Wildman–Crippen MR) is 69.8 cm³/mol. The van der Waals surface area contributed by atoms with E-state index in [1.165, 1.54) is 48.5 Å². The van der Waals surface area contributed by atoms with Crippen LogP contribution in [0.1, 0.15) is 51.9 Å². The number of hydrogen-bond donors (Lipinski definition) is 0. The number of allylic oxidation sites excluding steroid dienone is 1. The molecule has 0 saturated carbocycles. The van der Waals surface area contributed by atoms with Crippen LogP contribution < -0.4 is 0 Å². The van der Waals surface area contributed by atoms with Gasteiger partial charge in [0.1, 0.15) is 0 Å². The average molecular weight is 308 g/mol. The maximum absolute atomic E-state index is 5.62. The van der Waals surface area contributed by atoms with E-state index in [2.05, 4.69) is 35.6 Å². The molecule has 0 aromatic heterocycles. The summed E-state index contributed by atoms with van der Waals surface area (Å²) in [5.41, 5.74) is 0. The van der Waals surface area contributed by atoms with Crippen molar-refractivity contribution in [1.82, 2.24) is 0 Å². The molecular formula is C12H21IO.